The number of aldehydes is 1. The quantitative estimate of drug-likeness (QED) is 0.641. The molecule has 2 rings (SSSR count). The van der Waals surface area contributed by atoms with Crippen LogP contribution >= 0.6 is 0 Å². The van der Waals surface area contributed by atoms with E-state index in [1.807, 2.05) is 20.8 Å². The lowest BCUT2D eigenvalue weighted by molar-refractivity contribution is 0.0526. The van der Waals surface area contributed by atoms with Gasteiger partial charge in [0.2, 0.25) is 0 Å². The summed E-state index contributed by atoms with van der Waals surface area (Å²) in [5, 5.41) is 7.97. The van der Waals surface area contributed by atoms with Crippen LogP contribution in [0.25, 0.3) is 5.69 Å². The number of ether oxygens (including phenoxy) is 1. The molecule has 0 saturated heterocycles. The van der Waals surface area contributed by atoms with Crippen molar-refractivity contribution in [1.82, 2.24) is 15.0 Å². The maximum atomic E-state index is 11.7. The van der Waals surface area contributed by atoms with Crippen molar-refractivity contribution in [2.24, 2.45) is 0 Å². The van der Waals surface area contributed by atoms with Crippen LogP contribution in [0, 0.1) is 0 Å². The predicted octanol–water partition coefficient (Wildman–Crippen LogP) is 2.55. The predicted molar refractivity (Wildman–Crippen MR) is 81.4 cm³/mol. The number of hydrogen-bond donors (Lipinski definition) is 0. The van der Waals surface area contributed by atoms with Gasteiger partial charge in [-0.05, 0) is 31.2 Å². The Morgan fingerprint density at radius 2 is 1.91 bits per heavy atom. The number of esters is 1. The van der Waals surface area contributed by atoms with E-state index in [-0.39, 0.29) is 11.4 Å². The Morgan fingerprint density at radius 1 is 1.27 bits per heavy atom. The van der Waals surface area contributed by atoms with Gasteiger partial charge in [-0.1, -0.05) is 26.0 Å². The van der Waals surface area contributed by atoms with Crippen LogP contribution in [0.3, 0.4) is 0 Å². The average Bonchev–Trinajstić information content (AvgIpc) is 2.91. The van der Waals surface area contributed by atoms with E-state index in [1.54, 1.807) is 35.9 Å². The number of nitrogens with zero attached hydrogens (tertiary/aromatic N) is 3. The Morgan fingerprint density at radius 3 is 2.41 bits per heavy atom. The summed E-state index contributed by atoms with van der Waals surface area (Å²) in [5.41, 5.74) is 1.96. The van der Waals surface area contributed by atoms with Gasteiger partial charge < -0.3 is 4.74 Å². The fourth-order valence-electron chi connectivity index (χ4n) is 2.21. The van der Waals surface area contributed by atoms with Gasteiger partial charge in [-0.2, -0.15) is 0 Å². The lowest BCUT2D eigenvalue weighted by Gasteiger charge is -2.20. The van der Waals surface area contributed by atoms with Gasteiger partial charge in [0.15, 0.2) is 6.29 Å². The smallest absolute Gasteiger partial charge is 0.338 e. The van der Waals surface area contributed by atoms with Crippen LogP contribution in [0.4, 0.5) is 0 Å². The summed E-state index contributed by atoms with van der Waals surface area (Å²) in [7, 11) is 0. The van der Waals surface area contributed by atoms with Gasteiger partial charge in [0.05, 0.1) is 23.6 Å². The topological polar surface area (TPSA) is 74.1 Å². The van der Waals surface area contributed by atoms with E-state index < -0.39 is 0 Å². The SMILES string of the molecule is CCOC(=O)c1ccc(-n2nnc(C=O)c2C(C)(C)C)cc1. The minimum atomic E-state index is -0.364. The van der Waals surface area contributed by atoms with E-state index >= 15 is 0 Å². The van der Waals surface area contributed by atoms with Crippen molar-refractivity contribution in [3.63, 3.8) is 0 Å². The summed E-state index contributed by atoms with van der Waals surface area (Å²) in [6, 6.07) is 6.85. The summed E-state index contributed by atoms with van der Waals surface area (Å²) < 4.78 is 6.58. The Kier molecular flexibility index (Phi) is 4.40. The van der Waals surface area contributed by atoms with E-state index in [9.17, 15) is 9.59 Å². The van der Waals surface area contributed by atoms with E-state index in [4.69, 9.17) is 4.74 Å². The molecule has 0 radical (unpaired) electrons. The molecule has 2 aromatic rings. The number of rotatable bonds is 4. The molecule has 1 aromatic carbocycles. The van der Waals surface area contributed by atoms with E-state index in [1.165, 1.54) is 0 Å². The third kappa shape index (κ3) is 3.05. The zero-order valence-corrected chi connectivity index (χ0v) is 13.2. The van der Waals surface area contributed by atoms with Gasteiger partial charge in [0, 0.05) is 5.41 Å². The molecule has 22 heavy (non-hydrogen) atoms. The summed E-state index contributed by atoms with van der Waals surface area (Å²) in [5.74, 6) is -0.364. The summed E-state index contributed by atoms with van der Waals surface area (Å²) in [6.07, 6.45) is 0.705. The van der Waals surface area contributed by atoms with Gasteiger partial charge in [0.1, 0.15) is 5.69 Å². The highest BCUT2D eigenvalue weighted by Crippen LogP contribution is 2.26. The van der Waals surface area contributed by atoms with Crippen LogP contribution in [0.1, 0.15) is 54.2 Å². The Labute approximate surface area is 129 Å². The van der Waals surface area contributed by atoms with Crippen LogP contribution in [0.2, 0.25) is 0 Å². The first kappa shape index (κ1) is 15.9. The van der Waals surface area contributed by atoms with Crippen LogP contribution in [0.5, 0.6) is 0 Å². The van der Waals surface area contributed by atoms with Crippen molar-refractivity contribution in [1.29, 1.82) is 0 Å². The van der Waals surface area contributed by atoms with Crippen LogP contribution < -0.4 is 0 Å². The molecule has 116 valence electrons. The van der Waals surface area contributed by atoms with Crippen molar-refractivity contribution in [2.75, 3.05) is 6.61 Å². The van der Waals surface area contributed by atoms with Gasteiger partial charge in [0.25, 0.3) is 0 Å². The lowest BCUT2D eigenvalue weighted by atomic mass is 9.90. The first-order chi connectivity index (χ1) is 10.4. The Balaban J connectivity index is 2.43. The summed E-state index contributed by atoms with van der Waals surface area (Å²) in [6.45, 7) is 8.06. The Bertz CT molecular complexity index is 682. The van der Waals surface area contributed by atoms with Gasteiger partial charge >= 0.3 is 5.97 Å². The molecule has 0 aliphatic carbocycles. The fraction of sp³-hybridized carbons (Fsp3) is 0.375. The van der Waals surface area contributed by atoms with Crippen molar-refractivity contribution >= 4 is 12.3 Å². The number of benzene rings is 1. The van der Waals surface area contributed by atoms with Crippen molar-refractivity contribution < 1.29 is 14.3 Å². The van der Waals surface area contributed by atoms with Crippen LogP contribution in [0.15, 0.2) is 24.3 Å². The number of hydrogen-bond acceptors (Lipinski definition) is 5. The van der Waals surface area contributed by atoms with Gasteiger partial charge in [-0.3, -0.25) is 4.79 Å². The molecule has 1 heterocycles. The maximum Gasteiger partial charge on any atom is 0.338 e. The highest BCUT2D eigenvalue weighted by Gasteiger charge is 2.25. The van der Waals surface area contributed by atoms with Crippen LogP contribution in [-0.4, -0.2) is 33.9 Å². The monoisotopic (exact) mass is 301 g/mol. The highest BCUT2D eigenvalue weighted by molar-refractivity contribution is 5.89. The first-order valence-corrected chi connectivity index (χ1v) is 7.07. The van der Waals surface area contributed by atoms with Crippen molar-refractivity contribution in [3.05, 3.63) is 41.2 Å². The zero-order valence-electron chi connectivity index (χ0n) is 13.2. The molecule has 6 nitrogen and oxygen atoms in total. The van der Waals surface area contributed by atoms with E-state index in [0.29, 0.717) is 24.2 Å². The second-order valence-corrected chi connectivity index (χ2v) is 5.87. The standard InChI is InChI=1S/C16H19N3O3/c1-5-22-15(21)11-6-8-12(9-7-11)19-14(16(2,3)4)13(10-20)17-18-19/h6-10H,5H2,1-4H3. The second kappa shape index (κ2) is 6.09. The molecule has 0 saturated carbocycles. The maximum absolute atomic E-state index is 11.7. The van der Waals surface area contributed by atoms with Gasteiger partial charge in [-0.25, -0.2) is 9.48 Å². The average molecular weight is 301 g/mol. The molecule has 0 atom stereocenters. The molecular formula is C16H19N3O3. The molecule has 0 amide bonds. The summed E-state index contributed by atoms with van der Waals surface area (Å²) in [4.78, 5) is 22.8. The Hall–Kier alpha value is -2.50. The van der Waals surface area contributed by atoms with Gasteiger partial charge in [-0.15, -0.1) is 5.10 Å². The third-order valence-corrected chi connectivity index (χ3v) is 3.14. The zero-order chi connectivity index (χ0) is 16.3. The number of aromatic nitrogens is 3. The molecular weight excluding hydrogens is 282 g/mol. The fourth-order valence-corrected chi connectivity index (χ4v) is 2.21. The lowest BCUT2D eigenvalue weighted by Crippen LogP contribution is -2.19. The highest BCUT2D eigenvalue weighted by atomic mass is 16.5. The minimum absolute atomic E-state index is 0.292. The third-order valence-electron chi connectivity index (χ3n) is 3.14. The van der Waals surface area contributed by atoms with Crippen molar-refractivity contribution in [3.8, 4) is 5.69 Å². The van der Waals surface area contributed by atoms with Crippen LogP contribution in [-0.2, 0) is 10.2 Å². The normalized spacial score (nSPS) is 11.3. The first-order valence-electron chi connectivity index (χ1n) is 7.07. The molecule has 0 N–H and O–H groups in total. The number of carbonyl (C=O) groups is 2. The molecule has 0 aliphatic rings. The number of carbonyl (C=O) groups excluding carboxylic acids is 2. The molecule has 6 heteroatoms. The summed E-state index contributed by atoms with van der Waals surface area (Å²) >= 11 is 0. The molecule has 0 unspecified atom stereocenters. The van der Waals surface area contributed by atoms with E-state index in [2.05, 4.69) is 10.3 Å². The molecule has 0 spiro atoms. The molecule has 0 aliphatic heterocycles. The van der Waals surface area contributed by atoms with Crippen molar-refractivity contribution in [2.45, 2.75) is 33.1 Å². The van der Waals surface area contributed by atoms with E-state index in [0.717, 1.165) is 11.4 Å². The largest absolute Gasteiger partial charge is 0.462 e. The molecule has 1 aromatic heterocycles. The minimum Gasteiger partial charge on any atom is -0.462 e. The molecule has 0 bridgehead atoms. The second-order valence-electron chi connectivity index (χ2n) is 5.87. The molecule has 0 fully saturated rings.